The van der Waals surface area contributed by atoms with E-state index in [0.29, 0.717) is 0 Å². The number of benzene rings is 1. The molecule has 0 aliphatic rings. The number of nitrogens with one attached hydrogen (secondary N) is 1. The van der Waals surface area contributed by atoms with E-state index in [0.717, 1.165) is 30.9 Å². The Labute approximate surface area is 101 Å². The van der Waals surface area contributed by atoms with Crippen molar-refractivity contribution in [3.8, 4) is 5.75 Å². The standard InChI is InChI=1S/C13H17N3O/c1-17-13-5-2-4-12(10-13)15-6-3-8-16-9-7-14-11-16/h2,4-5,7,9-11,15H,3,6,8H2,1H3. The molecule has 1 aromatic heterocycles. The molecule has 17 heavy (non-hydrogen) atoms. The van der Waals surface area contributed by atoms with Gasteiger partial charge in [0.25, 0.3) is 0 Å². The van der Waals surface area contributed by atoms with Crippen LogP contribution < -0.4 is 10.1 Å². The summed E-state index contributed by atoms with van der Waals surface area (Å²) in [5, 5.41) is 3.37. The topological polar surface area (TPSA) is 39.1 Å². The molecule has 1 heterocycles. The Morgan fingerprint density at radius 1 is 1.41 bits per heavy atom. The van der Waals surface area contributed by atoms with Gasteiger partial charge in [-0.2, -0.15) is 0 Å². The zero-order chi connectivity index (χ0) is 11.9. The van der Waals surface area contributed by atoms with E-state index in [4.69, 9.17) is 4.74 Å². The number of hydrogen-bond acceptors (Lipinski definition) is 3. The maximum Gasteiger partial charge on any atom is 0.120 e. The van der Waals surface area contributed by atoms with Gasteiger partial charge in [0.2, 0.25) is 0 Å². The minimum absolute atomic E-state index is 0.879. The van der Waals surface area contributed by atoms with Gasteiger partial charge in [0.15, 0.2) is 0 Å². The highest BCUT2D eigenvalue weighted by Crippen LogP contribution is 2.16. The molecule has 2 rings (SSSR count). The van der Waals surface area contributed by atoms with Gasteiger partial charge in [-0.15, -0.1) is 0 Å². The second-order valence-corrected chi connectivity index (χ2v) is 3.81. The molecule has 0 aliphatic heterocycles. The third kappa shape index (κ3) is 3.52. The number of aromatic nitrogens is 2. The Hall–Kier alpha value is -1.97. The normalized spacial score (nSPS) is 10.2. The lowest BCUT2D eigenvalue weighted by Gasteiger charge is -2.08. The van der Waals surface area contributed by atoms with Crippen molar-refractivity contribution in [2.24, 2.45) is 0 Å². The lowest BCUT2D eigenvalue weighted by molar-refractivity contribution is 0.415. The van der Waals surface area contributed by atoms with Crippen LogP contribution in [0.4, 0.5) is 5.69 Å². The molecule has 2 aromatic rings. The molecule has 0 radical (unpaired) electrons. The quantitative estimate of drug-likeness (QED) is 0.776. The van der Waals surface area contributed by atoms with Crippen molar-refractivity contribution in [1.82, 2.24) is 9.55 Å². The predicted octanol–water partition coefficient (Wildman–Crippen LogP) is 2.39. The lowest BCUT2D eigenvalue weighted by Crippen LogP contribution is -2.05. The van der Waals surface area contributed by atoms with Crippen LogP contribution in [0.3, 0.4) is 0 Å². The number of aryl methyl sites for hydroxylation is 1. The molecule has 0 saturated heterocycles. The van der Waals surface area contributed by atoms with Crippen LogP contribution in [0.2, 0.25) is 0 Å². The fourth-order valence-corrected chi connectivity index (χ4v) is 1.65. The van der Waals surface area contributed by atoms with Crippen molar-refractivity contribution in [3.05, 3.63) is 43.0 Å². The highest BCUT2D eigenvalue weighted by Gasteiger charge is 1.95. The second kappa shape index (κ2) is 5.94. The van der Waals surface area contributed by atoms with Gasteiger partial charge >= 0.3 is 0 Å². The molecule has 4 heteroatoms. The molecule has 0 unspecified atom stereocenters. The summed E-state index contributed by atoms with van der Waals surface area (Å²) in [4.78, 5) is 4.01. The first-order valence-electron chi connectivity index (χ1n) is 5.72. The molecule has 0 atom stereocenters. The summed E-state index contributed by atoms with van der Waals surface area (Å²) in [7, 11) is 1.68. The van der Waals surface area contributed by atoms with Gasteiger partial charge in [0.05, 0.1) is 13.4 Å². The van der Waals surface area contributed by atoms with Crippen molar-refractivity contribution < 1.29 is 4.74 Å². The smallest absolute Gasteiger partial charge is 0.120 e. The van der Waals surface area contributed by atoms with Gasteiger partial charge in [-0.1, -0.05) is 6.07 Å². The SMILES string of the molecule is COc1cccc(NCCCn2ccnc2)c1. The Morgan fingerprint density at radius 3 is 3.12 bits per heavy atom. The molecule has 0 amide bonds. The van der Waals surface area contributed by atoms with Crippen molar-refractivity contribution >= 4 is 5.69 Å². The summed E-state index contributed by atoms with van der Waals surface area (Å²) >= 11 is 0. The van der Waals surface area contributed by atoms with Crippen LogP contribution in [0.15, 0.2) is 43.0 Å². The van der Waals surface area contributed by atoms with E-state index < -0.39 is 0 Å². The van der Waals surface area contributed by atoms with Crippen LogP contribution in [0.1, 0.15) is 6.42 Å². The molecular formula is C13H17N3O. The van der Waals surface area contributed by atoms with Crippen LogP contribution in [0.25, 0.3) is 0 Å². The van der Waals surface area contributed by atoms with E-state index in [9.17, 15) is 0 Å². The summed E-state index contributed by atoms with van der Waals surface area (Å²) in [6.45, 7) is 1.92. The number of methoxy groups -OCH3 is 1. The van der Waals surface area contributed by atoms with E-state index in [-0.39, 0.29) is 0 Å². The first kappa shape index (κ1) is 11.5. The average Bonchev–Trinajstić information content (AvgIpc) is 2.88. The first-order chi connectivity index (χ1) is 8.38. The maximum atomic E-state index is 5.17. The zero-order valence-corrected chi connectivity index (χ0v) is 9.97. The van der Waals surface area contributed by atoms with E-state index in [1.807, 2.05) is 36.8 Å². The van der Waals surface area contributed by atoms with Gasteiger partial charge in [-0.3, -0.25) is 0 Å². The average molecular weight is 231 g/mol. The van der Waals surface area contributed by atoms with Crippen LogP contribution in [0, 0.1) is 0 Å². The Bertz CT molecular complexity index is 440. The van der Waals surface area contributed by atoms with Crippen LogP contribution >= 0.6 is 0 Å². The van der Waals surface area contributed by atoms with Crippen LogP contribution in [-0.2, 0) is 6.54 Å². The van der Waals surface area contributed by atoms with Crippen molar-refractivity contribution in [2.75, 3.05) is 19.0 Å². The molecule has 0 fully saturated rings. The zero-order valence-electron chi connectivity index (χ0n) is 9.97. The number of hydrogen-bond donors (Lipinski definition) is 1. The van der Waals surface area contributed by atoms with Gasteiger partial charge < -0.3 is 14.6 Å². The van der Waals surface area contributed by atoms with Crippen molar-refractivity contribution in [2.45, 2.75) is 13.0 Å². The Kier molecular flexibility index (Phi) is 4.02. The molecule has 0 aliphatic carbocycles. The predicted molar refractivity (Wildman–Crippen MR) is 68.3 cm³/mol. The summed E-state index contributed by atoms with van der Waals surface area (Å²) in [5.41, 5.74) is 1.09. The molecular weight excluding hydrogens is 214 g/mol. The van der Waals surface area contributed by atoms with E-state index in [2.05, 4.69) is 14.9 Å². The summed E-state index contributed by atoms with van der Waals surface area (Å²) in [6, 6.07) is 7.96. The molecule has 0 saturated carbocycles. The number of anilines is 1. The van der Waals surface area contributed by atoms with Crippen LogP contribution in [0.5, 0.6) is 5.75 Å². The number of nitrogens with zero attached hydrogens (tertiary/aromatic N) is 2. The summed E-state index contributed by atoms with van der Waals surface area (Å²) < 4.78 is 7.24. The molecule has 4 nitrogen and oxygen atoms in total. The second-order valence-electron chi connectivity index (χ2n) is 3.81. The van der Waals surface area contributed by atoms with Crippen LogP contribution in [-0.4, -0.2) is 23.2 Å². The van der Waals surface area contributed by atoms with Gasteiger partial charge in [0.1, 0.15) is 5.75 Å². The van der Waals surface area contributed by atoms with Crippen molar-refractivity contribution in [3.63, 3.8) is 0 Å². The lowest BCUT2D eigenvalue weighted by atomic mass is 10.3. The number of rotatable bonds is 6. The molecule has 0 spiro atoms. The van der Waals surface area contributed by atoms with E-state index in [1.54, 1.807) is 13.3 Å². The van der Waals surface area contributed by atoms with E-state index >= 15 is 0 Å². The highest BCUT2D eigenvalue weighted by atomic mass is 16.5. The molecule has 0 bridgehead atoms. The fourth-order valence-electron chi connectivity index (χ4n) is 1.65. The Morgan fingerprint density at radius 2 is 2.35 bits per heavy atom. The third-order valence-electron chi connectivity index (χ3n) is 2.55. The largest absolute Gasteiger partial charge is 0.497 e. The Balaban J connectivity index is 1.74. The fraction of sp³-hybridized carbons (Fsp3) is 0.308. The van der Waals surface area contributed by atoms with Gasteiger partial charge in [-0.25, -0.2) is 4.98 Å². The van der Waals surface area contributed by atoms with Gasteiger partial charge in [-0.05, 0) is 18.6 Å². The summed E-state index contributed by atoms with van der Waals surface area (Å²) in [5.74, 6) is 0.879. The molecule has 1 aromatic carbocycles. The van der Waals surface area contributed by atoms with Gasteiger partial charge in [0, 0.05) is 37.2 Å². The number of ether oxygens (including phenoxy) is 1. The maximum absolute atomic E-state index is 5.17. The highest BCUT2D eigenvalue weighted by molar-refractivity contribution is 5.47. The molecule has 90 valence electrons. The number of imidazole rings is 1. The monoisotopic (exact) mass is 231 g/mol. The minimum Gasteiger partial charge on any atom is -0.497 e. The summed E-state index contributed by atoms with van der Waals surface area (Å²) in [6.07, 6.45) is 6.68. The molecule has 1 N–H and O–H groups in total. The third-order valence-corrected chi connectivity index (χ3v) is 2.55. The van der Waals surface area contributed by atoms with Crippen molar-refractivity contribution in [1.29, 1.82) is 0 Å². The minimum atomic E-state index is 0.879. The first-order valence-corrected chi connectivity index (χ1v) is 5.72. The van der Waals surface area contributed by atoms with E-state index in [1.165, 1.54) is 0 Å².